The molecule has 0 radical (unpaired) electrons. The van der Waals surface area contributed by atoms with Crippen LogP contribution >= 0.6 is 11.6 Å². The minimum Gasteiger partial charge on any atom is -0.423 e. The van der Waals surface area contributed by atoms with E-state index < -0.39 is 25.9 Å². The van der Waals surface area contributed by atoms with Crippen LogP contribution in [0, 0.1) is 0 Å². The van der Waals surface area contributed by atoms with Gasteiger partial charge in [-0.3, -0.25) is 4.55 Å². The van der Waals surface area contributed by atoms with Crippen LogP contribution in [-0.2, 0) is 10.1 Å². The highest BCUT2D eigenvalue weighted by Crippen LogP contribution is 2.35. The monoisotopic (exact) mass is 352 g/mol. The van der Waals surface area contributed by atoms with E-state index in [9.17, 15) is 17.8 Å². The first-order valence-corrected chi connectivity index (χ1v) is 8.65. The number of benzene rings is 1. The zero-order valence-corrected chi connectivity index (χ0v) is 13.6. The van der Waals surface area contributed by atoms with Crippen molar-refractivity contribution in [2.24, 2.45) is 0 Å². The van der Waals surface area contributed by atoms with Gasteiger partial charge in [0.2, 0.25) is 0 Å². The van der Waals surface area contributed by atoms with E-state index in [2.05, 4.69) is 0 Å². The molecule has 2 atom stereocenters. The van der Waals surface area contributed by atoms with E-state index in [1.54, 1.807) is 37.3 Å². The molecule has 1 aliphatic rings. The Kier molecular flexibility index (Phi) is 3.71. The summed E-state index contributed by atoms with van der Waals surface area (Å²) in [6, 6.07) is 7.89. The van der Waals surface area contributed by atoms with Gasteiger partial charge in [0.25, 0.3) is 10.1 Å². The SMILES string of the molecule is CC1(Cl)C=CC(S(=O)(=O)O)C(c2ccc3ccc(=O)oc3c2)=C1. The number of allylic oxidation sites excluding steroid dienone is 2. The summed E-state index contributed by atoms with van der Waals surface area (Å²) in [4.78, 5) is 10.5. The summed E-state index contributed by atoms with van der Waals surface area (Å²) in [5.74, 6) is 0. The second-order valence-corrected chi connectivity index (χ2v) is 7.90. The minimum atomic E-state index is -4.34. The van der Waals surface area contributed by atoms with Crippen molar-refractivity contribution in [3.63, 3.8) is 0 Å². The highest BCUT2D eigenvalue weighted by atomic mass is 35.5. The highest BCUT2D eigenvalue weighted by Gasteiger charge is 2.32. The van der Waals surface area contributed by atoms with E-state index in [1.165, 1.54) is 18.2 Å². The fourth-order valence-corrected chi connectivity index (χ4v) is 3.55. The Balaban J connectivity index is 2.21. The normalized spacial score (nSPS) is 24.7. The van der Waals surface area contributed by atoms with Crippen LogP contribution in [0.1, 0.15) is 12.5 Å². The summed E-state index contributed by atoms with van der Waals surface area (Å²) in [7, 11) is -4.34. The summed E-state index contributed by atoms with van der Waals surface area (Å²) in [5, 5.41) is -0.514. The second kappa shape index (κ2) is 5.33. The molecular weight excluding hydrogens is 340 g/mol. The van der Waals surface area contributed by atoms with Gasteiger partial charge in [-0.2, -0.15) is 8.42 Å². The average molecular weight is 353 g/mol. The first kappa shape index (κ1) is 16.0. The van der Waals surface area contributed by atoms with Crippen molar-refractivity contribution in [3.8, 4) is 0 Å². The van der Waals surface area contributed by atoms with Crippen LogP contribution in [0.25, 0.3) is 16.5 Å². The van der Waals surface area contributed by atoms with E-state index in [1.807, 2.05) is 0 Å². The predicted molar refractivity (Wildman–Crippen MR) is 89.2 cm³/mol. The van der Waals surface area contributed by atoms with Gasteiger partial charge >= 0.3 is 5.63 Å². The van der Waals surface area contributed by atoms with Crippen molar-refractivity contribution in [1.29, 1.82) is 0 Å². The van der Waals surface area contributed by atoms with Crippen molar-refractivity contribution in [2.75, 3.05) is 0 Å². The standard InChI is InChI=1S/C16H13ClO5S/c1-16(17)7-6-14(23(19,20)21)12(9-16)11-3-2-10-4-5-15(18)22-13(10)8-11/h2-9,14H,1H3,(H,19,20,21). The Morgan fingerprint density at radius 2 is 1.96 bits per heavy atom. The van der Waals surface area contributed by atoms with Crippen LogP contribution in [0.2, 0.25) is 0 Å². The molecular formula is C16H13ClO5S. The molecule has 23 heavy (non-hydrogen) atoms. The molecule has 1 aliphatic carbocycles. The van der Waals surface area contributed by atoms with Crippen molar-refractivity contribution in [1.82, 2.24) is 0 Å². The molecule has 2 unspecified atom stereocenters. The lowest BCUT2D eigenvalue weighted by Gasteiger charge is -2.25. The summed E-state index contributed by atoms with van der Waals surface area (Å²) in [5.41, 5.74) is 0.670. The van der Waals surface area contributed by atoms with Crippen LogP contribution in [0.3, 0.4) is 0 Å². The largest absolute Gasteiger partial charge is 0.423 e. The van der Waals surface area contributed by atoms with Gasteiger partial charge in [0.05, 0.1) is 4.87 Å². The topological polar surface area (TPSA) is 84.6 Å². The fraction of sp³-hybridized carbons (Fsp3) is 0.188. The van der Waals surface area contributed by atoms with E-state index >= 15 is 0 Å². The van der Waals surface area contributed by atoms with Gasteiger partial charge in [-0.15, -0.1) is 11.6 Å². The third-order valence-corrected chi connectivity index (χ3v) is 4.91. The molecule has 5 nitrogen and oxygen atoms in total. The number of hydrogen-bond acceptors (Lipinski definition) is 4. The Morgan fingerprint density at radius 3 is 2.65 bits per heavy atom. The van der Waals surface area contributed by atoms with Crippen molar-refractivity contribution >= 4 is 38.3 Å². The highest BCUT2D eigenvalue weighted by molar-refractivity contribution is 7.87. The number of hydrogen-bond donors (Lipinski definition) is 1. The van der Waals surface area contributed by atoms with Crippen LogP contribution < -0.4 is 5.63 Å². The quantitative estimate of drug-likeness (QED) is 0.388. The van der Waals surface area contributed by atoms with E-state index in [4.69, 9.17) is 16.0 Å². The molecule has 0 amide bonds. The maximum absolute atomic E-state index is 11.6. The van der Waals surface area contributed by atoms with Crippen molar-refractivity contribution in [2.45, 2.75) is 17.0 Å². The van der Waals surface area contributed by atoms with Crippen LogP contribution in [0.5, 0.6) is 0 Å². The van der Waals surface area contributed by atoms with Gasteiger partial charge in [0, 0.05) is 11.5 Å². The van der Waals surface area contributed by atoms with Gasteiger partial charge in [-0.25, -0.2) is 4.79 Å². The van der Waals surface area contributed by atoms with Gasteiger partial charge in [-0.05, 0) is 30.2 Å². The van der Waals surface area contributed by atoms with E-state index in [-0.39, 0.29) is 0 Å². The first-order valence-electron chi connectivity index (χ1n) is 6.77. The van der Waals surface area contributed by atoms with E-state index in [0.29, 0.717) is 22.1 Å². The Morgan fingerprint density at radius 1 is 1.26 bits per heavy atom. The lowest BCUT2D eigenvalue weighted by atomic mass is 9.92. The van der Waals surface area contributed by atoms with Gasteiger partial charge < -0.3 is 4.42 Å². The molecule has 120 valence electrons. The molecule has 3 rings (SSSR count). The minimum absolute atomic E-state index is 0.329. The predicted octanol–water partition coefficient (Wildman–Crippen LogP) is 3.00. The van der Waals surface area contributed by atoms with Crippen molar-refractivity contribution < 1.29 is 17.4 Å². The molecule has 1 N–H and O–H groups in total. The smallest absolute Gasteiger partial charge is 0.336 e. The molecule has 2 aromatic rings. The molecule has 0 bridgehead atoms. The number of alkyl halides is 1. The summed E-state index contributed by atoms with van der Waals surface area (Å²) >= 11 is 6.26. The molecule has 1 aromatic carbocycles. The third kappa shape index (κ3) is 3.24. The molecule has 0 saturated heterocycles. The zero-order valence-electron chi connectivity index (χ0n) is 12.1. The van der Waals surface area contributed by atoms with Crippen LogP contribution in [0.4, 0.5) is 0 Å². The molecule has 0 fully saturated rings. The Labute approximate surface area is 137 Å². The summed E-state index contributed by atoms with van der Waals surface area (Å²) in [6.07, 6.45) is 4.43. The third-order valence-electron chi connectivity index (χ3n) is 3.62. The fourth-order valence-electron chi connectivity index (χ4n) is 2.56. The molecule has 7 heteroatoms. The Hall–Kier alpha value is -1.89. The Bertz CT molecular complexity index is 999. The summed E-state index contributed by atoms with van der Waals surface area (Å²) in [6.45, 7) is 1.70. The van der Waals surface area contributed by atoms with Gasteiger partial charge in [0.1, 0.15) is 10.8 Å². The van der Waals surface area contributed by atoms with Crippen LogP contribution in [-0.4, -0.2) is 23.1 Å². The number of halogens is 1. The maximum atomic E-state index is 11.6. The number of fused-ring (bicyclic) bond motifs is 1. The van der Waals surface area contributed by atoms with Gasteiger partial charge in [-0.1, -0.05) is 30.4 Å². The summed E-state index contributed by atoms with van der Waals surface area (Å²) < 4.78 is 37.9. The molecule has 1 heterocycles. The molecule has 0 saturated carbocycles. The van der Waals surface area contributed by atoms with Crippen molar-refractivity contribution in [3.05, 3.63) is 64.5 Å². The van der Waals surface area contributed by atoms with Gasteiger partial charge in [0.15, 0.2) is 0 Å². The average Bonchev–Trinajstić information content (AvgIpc) is 2.44. The van der Waals surface area contributed by atoms with Crippen LogP contribution in [0.15, 0.2) is 57.8 Å². The molecule has 1 aromatic heterocycles. The maximum Gasteiger partial charge on any atom is 0.336 e. The van der Waals surface area contributed by atoms with E-state index in [0.717, 1.165) is 0 Å². The first-order chi connectivity index (χ1) is 10.7. The molecule has 0 spiro atoms. The second-order valence-electron chi connectivity index (χ2n) is 5.55. The lowest BCUT2D eigenvalue weighted by Crippen LogP contribution is -2.26. The number of rotatable bonds is 2. The zero-order chi connectivity index (χ0) is 16.8. The lowest BCUT2D eigenvalue weighted by molar-refractivity contribution is 0.481. The molecule has 0 aliphatic heterocycles.